The number of β-amino-alcohol motifs (C(OH)–C–C–N with tert-alkyl or cyclic N) is 1. The van der Waals surface area contributed by atoms with Gasteiger partial charge in [0.25, 0.3) is 0 Å². The van der Waals surface area contributed by atoms with Crippen molar-refractivity contribution in [3.63, 3.8) is 0 Å². The van der Waals surface area contributed by atoms with Crippen LogP contribution in [-0.2, 0) is 23.9 Å². The molecular formula is C30H43N5O8S. The second-order valence-electron chi connectivity index (χ2n) is 11.8. The molecule has 3 rings (SSSR count). The molecule has 2 heterocycles. The molecule has 0 aliphatic carbocycles. The van der Waals surface area contributed by atoms with E-state index < -0.39 is 41.5 Å². The lowest BCUT2D eigenvalue weighted by molar-refractivity contribution is -0.144. The Morgan fingerprint density at radius 3 is 2.39 bits per heavy atom. The van der Waals surface area contributed by atoms with Gasteiger partial charge in [-0.05, 0) is 30.4 Å². The Morgan fingerprint density at radius 1 is 1.09 bits per heavy atom. The van der Waals surface area contributed by atoms with E-state index in [2.05, 4.69) is 20.9 Å². The largest absolute Gasteiger partial charge is 0.465 e. The molecular weight excluding hydrogens is 590 g/mol. The predicted octanol–water partition coefficient (Wildman–Crippen LogP) is 2.09. The topological polar surface area (TPSA) is 179 Å². The van der Waals surface area contributed by atoms with E-state index >= 15 is 0 Å². The molecule has 2 unspecified atom stereocenters. The third-order valence-corrected chi connectivity index (χ3v) is 8.17. The minimum atomic E-state index is -1.14. The Morgan fingerprint density at radius 2 is 1.77 bits per heavy atom. The molecule has 1 saturated heterocycles. The van der Waals surface area contributed by atoms with E-state index in [4.69, 9.17) is 14.6 Å². The number of nitrogens with one attached hydrogen (secondary N) is 3. The van der Waals surface area contributed by atoms with Crippen LogP contribution >= 0.6 is 11.3 Å². The number of aliphatic hydroxyl groups is 1. The van der Waals surface area contributed by atoms with Crippen molar-refractivity contribution in [3.05, 3.63) is 41.0 Å². The molecule has 0 saturated carbocycles. The molecule has 1 aliphatic heterocycles. The minimum absolute atomic E-state index is 0.0266. The van der Waals surface area contributed by atoms with Crippen LogP contribution in [0.4, 0.5) is 4.79 Å². The Hall–Kier alpha value is -3.59. The van der Waals surface area contributed by atoms with Gasteiger partial charge in [-0.1, -0.05) is 45.0 Å². The van der Waals surface area contributed by atoms with Crippen LogP contribution in [0.1, 0.15) is 51.4 Å². The van der Waals surface area contributed by atoms with Crippen LogP contribution in [0.3, 0.4) is 0 Å². The van der Waals surface area contributed by atoms with Crippen LogP contribution in [0.15, 0.2) is 29.8 Å². The number of aryl methyl sites for hydroxylation is 1. The Labute approximate surface area is 261 Å². The summed E-state index contributed by atoms with van der Waals surface area (Å²) in [5.74, 6) is -1.36. The second-order valence-corrected chi connectivity index (χ2v) is 12.6. The van der Waals surface area contributed by atoms with Crippen molar-refractivity contribution in [2.45, 2.75) is 65.3 Å². The van der Waals surface area contributed by atoms with Gasteiger partial charge in [0, 0.05) is 19.5 Å². The Balaban J connectivity index is 1.57. The van der Waals surface area contributed by atoms with Gasteiger partial charge in [-0.25, -0.2) is 9.78 Å². The van der Waals surface area contributed by atoms with Crippen LogP contribution < -0.4 is 16.0 Å². The van der Waals surface area contributed by atoms with Gasteiger partial charge in [-0.2, -0.15) is 0 Å². The highest BCUT2D eigenvalue weighted by molar-refractivity contribution is 7.13. The molecule has 0 radical (unpaired) electrons. The van der Waals surface area contributed by atoms with E-state index in [1.165, 1.54) is 4.90 Å². The lowest BCUT2D eigenvalue weighted by atomic mass is 9.85. The van der Waals surface area contributed by atoms with Gasteiger partial charge in [-0.15, -0.1) is 11.3 Å². The van der Waals surface area contributed by atoms with Crippen molar-refractivity contribution in [2.75, 3.05) is 39.5 Å². The Bertz CT molecular complexity index is 1280. The third kappa shape index (κ3) is 9.97. The number of hydrogen-bond donors (Lipinski definition) is 5. The fourth-order valence-electron chi connectivity index (χ4n) is 4.83. The number of hydrogen-bond acceptors (Lipinski definition) is 9. The maximum absolute atomic E-state index is 13.8. The summed E-state index contributed by atoms with van der Waals surface area (Å²) < 4.78 is 10.6. The fraction of sp³-hybridized carbons (Fsp3) is 0.567. The van der Waals surface area contributed by atoms with Crippen molar-refractivity contribution >= 4 is 35.2 Å². The molecule has 5 N–H and O–H groups in total. The zero-order chi connectivity index (χ0) is 32.4. The summed E-state index contributed by atoms with van der Waals surface area (Å²) in [7, 11) is 0. The number of rotatable bonds is 14. The summed E-state index contributed by atoms with van der Waals surface area (Å²) in [6.45, 7) is 9.44. The van der Waals surface area contributed by atoms with E-state index in [1.54, 1.807) is 37.6 Å². The number of thiazole rings is 1. The number of benzene rings is 1. The molecule has 1 fully saturated rings. The van der Waals surface area contributed by atoms with Crippen molar-refractivity contribution in [2.24, 2.45) is 5.41 Å². The average Bonchev–Trinajstić information content (AvgIpc) is 3.57. The molecule has 1 aromatic heterocycles. The summed E-state index contributed by atoms with van der Waals surface area (Å²) in [6, 6.07) is 5.65. The van der Waals surface area contributed by atoms with Crippen LogP contribution in [0.2, 0.25) is 0 Å². The number of aliphatic hydroxyl groups excluding tert-OH is 1. The first kappa shape index (κ1) is 34.9. The van der Waals surface area contributed by atoms with Crippen LogP contribution in [-0.4, -0.2) is 102 Å². The number of carbonyl (C=O) groups is 4. The monoisotopic (exact) mass is 633 g/mol. The van der Waals surface area contributed by atoms with E-state index in [9.17, 15) is 24.3 Å². The number of ether oxygens (including phenoxy) is 2. The van der Waals surface area contributed by atoms with Gasteiger partial charge in [0.2, 0.25) is 17.7 Å². The van der Waals surface area contributed by atoms with Gasteiger partial charge >= 0.3 is 6.09 Å². The average molecular weight is 634 g/mol. The number of carboxylic acid groups (broad SMARTS) is 1. The molecule has 1 aromatic carbocycles. The summed E-state index contributed by atoms with van der Waals surface area (Å²) in [6.07, 6.45) is -1.93. The van der Waals surface area contributed by atoms with Gasteiger partial charge in [0.1, 0.15) is 18.7 Å². The number of nitrogens with zero attached hydrogens (tertiary/aromatic N) is 2. The molecule has 1 aliphatic rings. The quantitative estimate of drug-likeness (QED) is 0.195. The van der Waals surface area contributed by atoms with E-state index in [-0.39, 0.29) is 57.9 Å². The van der Waals surface area contributed by atoms with Crippen LogP contribution in [0, 0.1) is 12.3 Å². The highest BCUT2D eigenvalue weighted by Crippen LogP contribution is 2.29. The summed E-state index contributed by atoms with van der Waals surface area (Å²) in [4.78, 5) is 57.0. The molecule has 14 heteroatoms. The predicted molar refractivity (Wildman–Crippen MR) is 164 cm³/mol. The fourth-order valence-corrected chi connectivity index (χ4v) is 5.64. The van der Waals surface area contributed by atoms with Gasteiger partial charge in [0.15, 0.2) is 0 Å². The van der Waals surface area contributed by atoms with E-state index in [0.717, 1.165) is 21.7 Å². The first-order valence-electron chi connectivity index (χ1n) is 14.5. The second kappa shape index (κ2) is 15.9. The van der Waals surface area contributed by atoms with Crippen LogP contribution in [0.5, 0.6) is 0 Å². The van der Waals surface area contributed by atoms with Crippen molar-refractivity contribution in [1.29, 1.82) is 0 Å². The highest BCUT2D eigenvalue weighted by atomic mass is 32.1. The van der Waals surface area contributed by atoms with Gasteiger partial charge in [-0.3, -0.25) is 14.4 Å². The number of amides is 4. The SMILES string of the molecule is Cc1ncsc1-c1ccc(C(C)NC(=O)[C@@H]2C[C@@H](O)CN2C(=O)C(NC(=O)COCCOCCNC(=O)O)C(C)(C)C)cc1. The molecule has 2 aromatic rings. The molecule has 13 nitrogen and oxygen atoms in total. The highest BCUT2D eigenvalue weighted by Gasteiger charge is 2.44. The van der Waals surface area contributed by atoms with Crippen molar-refractivity contribution in [3.8, 4) is 10.4 Å². The summed E-state index contributed by atoms with van der Waals surface area (Å²) >= 11 is 1.57. The summed E-state index contributed by atoms with van der Waals surface area (Å²) in [5, 5.41) is 26.9. The maximum atomic E-state index is 13.8. The number of aromatic nitrogens is 1. The van der Waals surface area contributed by atoms with Gasteiger partial charge < -0.3 is 40.5 Å². The zero-order valence-electron chi connectivity index (χ0n) is 25.8. The van der Waals surface area contributed by atoms with Crippen LogP contribution in [0.25, 0.3) is 10.4 Å². The normalized spacial score (nSPS) is 18.0. The molecule has 44 heavy (non-hydrogen) atoms. The number of likely N-dealkylation sites (tertiary alicyclic amines) is 1. The van der Waals surface area contributed by atoms with Gasteiger partial charge in [0.05, 0.1) is 48.0 Å². The lowest BCUT2D eigenvalue weighted by Crippen LogP contribution is -2.58. The molecule has 0 bridgehead atoms. The smallest absolute Gasteiger partial charge is 0.404 e. The minimum Gasteiger partial charge on any atom is -0.465 e. The number of carbonyl (C=O) groups excluding carboxylic acids is 3. The van der Waals surface area contributed by atoms with E-state index in [0.29, 0.717) is 0 Å². The molecule has 4 amide bonds. The lowest BCUT2D eigenvalue weighted by Gasteiger charge is -2.35. The zero-order valence-corrected chi connectivity index (χ0v) is 26.6. The molecule has 0 spiro atoms. The van der Waals surface area contributed by atoms with Crippen molar-refractivity contribution in [1.82, 2.24) is 25.8 Å². The first-order valence-corrected chi connectivity index (χ1v) is 15.4. The third-order valence-electron chi connectivity index (χ3n) is 7.19. The maximum Gasteiger partial charge on any atom is 0.404 e. The van der Waals surface area contributed by atoms with Crippen molar-refractivity contribution < 1.29 is 38.9 Å². The molecule has 4 atom stereocenters. The molecule has 242 valence electrons. The Kier molecular flexibility index (Phi) is 12.6. The first-order chi connectivity index (χ1) is 20.8. The summed E-state index contributed by atoms with van der Waals surface area (Å²) in [5.41, 5.74) is 4.00. The standard InChI is InChI=1S/C30H43N5O8S/c1-18(20-6-8-21(9-7-20)25-19(2)32-17-44-25)33-27(38)23-14-22(36)15-35(23)28(39)26(30(3,4)5)34-24(37)16-43-13-12-42-11-10-31-29(40)41/h6-9,17-18,22-23,26,31,36H,10-16H2,1-5H3,(H,33,38)(H,34,37)(H,40,41)/t18?,22-,23+,26?/m1/s1. The van der Waals surface area contributed by atoms with E-state index in [1.807, 2.05) is 38.1 Å².